The zero-order valence-corrected chi connectivity index (χ0v) is 12.7. The van der Waals surface area contributed by atoms with Crippen LogP contribution in [0, 0.1) is 5.92 Å². The molecule has 0 spiro atoms. The second-order valence-corrected chi connectivity index (χ2v) is 5.60. The first-order chi connectivity index (χ1) is 9.69. The summed E-state index contributed by atoms with van der Waals surface area (Å²) in [5, 5.41) is 0. The van der Waals surface area contributed by atoms with Crippen molar-refractivity contribution < 1.29 is 4.74 Å². The highest BCUT2D eigenvalue weighted by molar-refractivity contribution is 5.45. The Balaban J connectivity index is 2.65. The molecule has 106 valence electrons. The van der Waals surface area contributed by atoms with Gasteiger partial charge in [-0.3, -0.25) is 0 Å². The third-order valence-corrected chi connectivity index (χ3v) is 3.87. The van der Waals surface area contributed by atoms with Gasteiger partial charge >= 0.3 is 0 Å². The minimum Gasteiger partial charge on any atom is -0.372 e. The maximum Gasteiger partial charge on any atom is 0.0724 e. The van der Waals surface area contributed by atoms with Crippen LogP contribution in [0.1, 0.15) is 37.8 Å². The van der Waals surface area contributed by atoms with Crippen LogP contribution in [0.5, 0.6) is 0 Å². The number of rotatable bonds is 3. The van der Waals surface area contributed by atoms with Crippen LogP contribution in [0.3, 0.4) is 0 Å². The lowest BCUT2D eigenvalue weighted by molar-refractivity contribution is 0.140. The summed E-state index contributed by atoms with van der Waals surface area (Å²) in [5.41, 5.74) is 5.23. The summed E-state index contributed by atoms with van der Waals surface area (Å²) in [4.78, 5) is 0. The Kier molecular flexibility index (Phi) is 4.97. The van der Waals surface area contributed by atoms with Crippen molar-refractivity contribution in [2.24, 2.45) is 5.92 Å². The van der Waals surface area contributed by atoms with E-state index in [4.69, 9.17) is 4.74 Å². The van der Waals surface area contributed by atoms with Crippen LogP contribution < -0.4 is 0 Å². The third-order valence-electron chi connectivity index (χ3n) is 3.87. The van der Waals surface area contributed by atoms with Gasteiger partial charge in [0.25, 0.3) is 0 Å². The molecule has 2 rings (SSSR count). The monoisotopic (exact) mass is 268 g/mol. The van der Waals surface area contributed by atoms with Crippen molar-refractivity contribution >= 4 is 0 Å². The van der Waals surface area contributed by atoms with Gasteiger partial charge in [0.15, 0.2) is 0 Å². The molecule has 1 aromatic carbocycles. The highest BCUT2D eigenvalue weighted by atomic mass is 16.5. The molecular weight excluding hydrogens is 244 g/mol. The molecule has 0 N–H and O–H groups in total. The summed E-state index contributed by atoms with van der Waals surface area (Å²) in [6.07, 6.45) is 6.27. The SMILES string of the molecule is C=C/C1=C(\C=C/C)C(C(C)C)c2ccccc2COC1. The molecule has 1 aliphatic rings. The first-order valence-electron chi connectivity index (χ1n) is 7.32. The molecule has 0 bridgehead atoms. The number of ether oxygens (including phenoxy) is 1. The van der Waals surface area contributed by atoms with E-state index in [1.54, 1.807) is 0 Å². The van der Waals surface area contributed by atoms with Crippen molar-refractivity contribution in [2.45, 2.75) is 33.3 Å². The Hall–Kier alpha value is -1.60. The normalized spacial score (nSPS) is 23.5. The van der Waals surface area contributed by atoms with Crippen LogP contribution in [0.4, 0.5) is 0 Å². The lowest BCUT2D eigenvalue weighted by Gasteiger charge is -2.29. The average molecular weight is 268 g/mol. The summed E-state index contributed by atoms with van der Waals surface area (Å²) in [7, 11) is 0. The topological polar surface area (TPSA) is 9.23 Å². The summed E-state index contributed by atoms with van der Waals surface area (Å²) in [5.74, 6) is 0.940. The average Bonchev–Trinajstić information content (AvgIpc) is 2.42. The lowest BCUT2D eigenvalue weighted by Crippen LogP contribution is -2.17. The zero-order valence-electron chi connectivity index (χ0n) is 12.7. The van der Waals surface area contributed by atoms with Gasteiger partial charge in [-0.15, -0.1) is 0 Å². The quantitative estimate of drug-likeness (QED) is 0.748. The van der Waals surface area contributed by atoms with E-state index in [0.29, 0.717) is 25.0 Å². The van der Waals surface area contributed by atoms with E-state index in [9.17, 15) is 0 Å². The number of hydrogen-bond acceptors (Lipinski definition) is 1. The fourth-order valence-electron chi connectivity index (χ4n) is 2.98. The van der Waals surface area contributed by atoms with E-state index in [1.807, 2.05) is 6.08 Å². The van der Waals surface area contributed by atoms with Crippen molar-refractivity contribution in [1.29, 1.82) is 0 Å². The van der Waals surface area contributed by atoms with Crippen molar-refractivity contribution in [3.05, 3.63) is 71.3 Å². The van der Waals surface area contributed by atoms with E-state index in [1.165, 1.54) is 22.3 Å². The Morgan fingerprint density at radius 2 is 2.00 bits per heavy atom. The van der Waals surface area contributed by atoms with Gasteiger partial charge in [0.1, 0.15) is 0 Å². The predicted octanol–water partition coefficient (Wildman–Crippen LogP) is 5.02. The fourth-order valence-corrected chi connectivity index (χ4v) is 2.98. The molecular formula is C19H24O. The molecule has 0 aliphatic carbocycles. The summed E-state index contributed by atoms with van der Waals surface area (Å²) < 4.78 is 5.85. The van der Waals surface area contributed by atoms with Crippen LogP contribution in [0.15, 0.2) is 60.2 Å². The van der Waals surface area contributed by atoms with Gasteiger partial charge in [0.2, 0.25) is 0 Å². The Morgan fingerprint density at radius 1 is 1.25 bits per heavy atom. The largest absolute Gasteiger partial charge is 0.372 e. The van der Waals surface area contributed by atoms with E-state index in [0.717, 1.165) is 0 Å². The molecule has 20 heavy (non-hydrogen) atoms. The Morgan fingerprint density at radius 3 is 2.65 bits per heavy atom. The number of hydrogen-bond donors (Lipinski definition) is 0. The fraction of sp³-hybridized carbons (Fsp3) is 0.368. The molecule has 1 aromatic rings. The maximum atomic E-state index is 5.85. The van der Waals surface area contributed by atoms with Crippen molar-refractivity contribution in [3.63, 3.8) is 0 Å². The number of allylic oxidation sites excluding steroid dienone is 3. The van der Waals surface area contributed by atoms with E-state index < -0.39 is 0 Å². The minimum atomic E-state index is 0.402. The van der Waals surface area contributed by atoms with E-state index in [2.05, 4.69) is 63.8 Å². The zero-order chi connectivity index (χ0) is 14.5. The van der Waals surface area contributed by atoms with E-state index >= 15 is 0 Å². The van der Waals surface area contributed by atoms with Gasteiger partial charge in [0, 0.05) is 5.92 Å². The molecule has 0 saturated heterocycles. The second kappa shape index (κ2) is 6.71. The summed E-state index contributed by atoms with van der Waals surface area (Å²) in [6, 6.07) is 8.63. The smallest absolute Gasteiger partial charge is 0.0724 e. The molecule has 1 heteroatoms. The molecule has 1 atom stereocenters. The molecule has 0 radical (unpaired) electrons. The predicted molar refractivity (Wildman–Crippen MR) is 85.7 cm³/mol. The van der Waals surface area contributed by atoms with Crippen molar-refractivity contribution in [2.75, 3.05) is 6.61 Å². The van der Waals surface area contributed by atoms with Crippen LogP contribution >= 0.6 is 0 Å². The highest BCUT2D eigenvalue weighted by Gasteiger charge is 2.25. The molecule has 0 saturated carbocycles. The first-order valence-corrected chi connectivity index (χ1v) is 7.32. The summed E-state index contributed by atoms with van der Waals surface area (Å²) in [6.45, 7) is 11.9. The van der Waals surface area contributed by atoms with Gasteiger partial charge in [0.05, 0.1) is 13.2 Å². The third kappa shape index (κ3) is 2.94. The molecule has 1 nitrogen and oxygen atoms in total. The number of fused-ring (bicyclic) bond motifs is 1. The standard InChI is InChI=1S/C19H24O/c1-5-9-17-15(6-2)12-20-13-16-10-7-8-11-18(16)19(17)14(3)4/h5-11,14,19H,2,12-13H2,1,3-4H3/b9-5-,17-15-. The van der Waals surface area contributed by atoms with E-state index in [-0.39, 0.29) is 0 Å². The van der Waals surface area contributed by atoms with Crippen molar-refractivity contribution in [3.8, 4) is 0 Å². The van der Waals surface area contributed by atoms with Crippen LogP contribution in [-0.4, -0.2) is 6.61 Å². The first kappa shape index (κ1) is 14.8. The second-order valence-electron chi connectivity index (χ2n) is 5.60. The van der Waals surface area contributed by atoms with Crippen LogP contribution in [0.2, 0.25) is 0 Å². The highest BCUT2D eigenvalue weighted by Crippen LogP contribution is 2.38. The van der Waals surface area contributed by atoms with Gasteiger partial charge in [-0.2, -0.15) is 0 Å². The summed E-state index contributed by atoms with van der Waals surface area (Å²) >= 11 is 0. The van der Waals surface area contributed by atoms with Gasteiger partial charge in [-0.05, 0) is 35.1 Å². The lowest BCUT2D eigenvalue weighted by atomic mass is 9.78. The molecule has 1 heterocycles. The minimum absolute atomic E-state index is 0.402. The van der Waals surface area contributed by atoms with Gasteiger partial charge in [-0.1, -0.05) is 62.9 Å². The van der Waals surface area contributed by atoms with Gasteiger partial charge in [-0.25, -0.2) is 0 Å². The molecule has 1 aliphatic heterocycles. The molecule has 0 fully saturated rings. The Bertz CT molecular complexity index is 534. The van der Waals surface area contributed by atoms with Crippen LogP contribution in [0.25, 0.3) is 0 Å². The van der Waals surface area contributed by atoms with Gasteiger partial charge < -0.3 is 4.74 Å². The molecule has 0 amide bonds. The maximum absolute atomic E-state index is 5.85. The van der Waals surface area contributed by atoms with Crippen LogP contribution in [-0.2, 0) is 11.3 Å². The molecule has 0 aromatic heterocycles. The Labute approximate surface area is 122 Å². The van der Waals surface area contributed by atoms with Crippen molar-refractivity contribution in [1.82, 2.24) is 0 Å². The molecule has 1 unspecified atom stereocenters. The number of benzene rings is 1.